The molecule has 0 aliphatic rings. The van der Waals surface area contributed by atoms with Crippen molar-refractivity contribution in [1.82, 2.24) is 0 Å². The fourth-order valence-corrected chi connectivity index (χ4v) is 7.30. The summed E-state index contributed by atoms with van der Waals surface area (Å²) in [6, 6.07) is 8.53. The Balaban J connectivity index is 1.95. The Morgan fingerprint density at radius 2 is 0.792 bits per heavy atom. The molecule has 10 nitrogen and oxygen atoms in total. The van der Waals surface area contributed by atoms with E-state index in [9.17, 15) is 26.4 Å². The molecule has 0 saturated carbocycles. The number of anilines is 2. The molecule has 0 aliphatic heterocycles. The Bertz CT molecular complexity index is 1480. The average Bonchev–Trinajstić information content (AvgIpc) is 3.09. The van der Waals surface area contributed by atoms with Gasteiger partial charge in [-0.15, -0.1) is 0 Å². The molecule has 2 aromatic rings. The quantitative estimate of drug-likeness (QED) is 0.0589. The maximum Gasteiger partial charge on any atom is 0.233 e. The van der Waals surface area contributed by atoms with Gasteiger partial charge in [-0.2, -0.15) is 0 Å². The Hall–Kier alpha value is -3.12. The first-order valence-corrected chi connectivity index (χ1v) is 23.7. The van der Waals surface area contributed by atoms with Gasteiger partial charge in [0, 0.05) is 12.5 Å². The van der Waals surface area contributed by atoms with Crippen molar-refractivity contribution >= 4 is 42.9 Å². The van der Waals surface area contributed by atoms with Gasteiger partial charge in [0.25, 0.3) is 0 Å². The van der Waals surface area contributed by atoms with Crippen LogP contribution in [0.2, 0.25) is 0 Å². The highest BCUT2D eigenvalue weighted by atomic mass is 32.2. The van der Waals surface area contributed by atoms with E-state index in [1.165, 1.54) is 126 Å². The van der Waals surface area contributed by atoms with Gasteiger partial charge in [-0.1, -0.05) is 129 Å². The molecular weight excluding hydrogens is 713 g/mol. The predicted molar refractivity (Wildman–Crippen MR) is 216 cm³/mol. The third-order valence-corrected chi connectivity index (χ3v) is 11.4. The highest BCUT2D eigenvalue weighted by Crippen LogP contribution is 2.30. The zero-order valence-electron chi connectivity index (χ0n) is 32.8. The maximum absolute atomic E-state index is 13.1. The first kappa shape index (κ1) is 46.0. The lowest BCUT2D eigenvalue weighted by molar-refractivity contribution is -0.123. The summed E-state index contributed by atoms with van der Waals surface area (Å²) < 4.78 is 61.0. The summed E-state index contributed by atoms with van der Waals surface area (Å²) in [5, 5.41) is 5.28. The van der Waals surface area contributed by atoms with Gasteiger partial charge in [-0.25, -0.2) is 16.8 Å². The lowest BCUT2D eigenvalue weighted by atomic mass is 10.1. The van der Waals surface area contributed by atoms with E-state index in [2.05, 4.69) is 24.5 Å². The Morgan fingerprint density at radius 3 is 1.09 bits per heavy atom. The standard InChI is InChI=1S/C41H66N2O8S2/c1-5-7-9-11-13-15-17-19-21-23-29-50-38-27-25-34(52(3,46)47)31-36(38)42-40(44)33-41(45)43-37-32-35(53(4,48)49)26-28-39(37)51-30-24-22-20-18-16-14-12-10-8-6-2/h25-28,31-32H,5-24,29-30,33H2,1-4H3,(H,42,44)(H,43,45). The molecule has 0 fully saturated rings. The van der Waals surface area contributed by atoms with Crippen molar-refractivity contribution in [3.05, 3.63) is 36.4 Å². The number of benzene rings is 2. The molecule has 2 N–H and O–H groups in total. The van der Waals surface area contributed by atoms with Crippen LogP contribution in [0, 0.1) is 0 Å². The summed E-state index contributed by atoms with van der Waals surface area (Å²) in [4.78, 5) is 26.2. The van der Waals surface area contributed by atoms with Crippen molar-refractivity contribution in [1.29, 1.82) is 0 Å². The molecule has 53 heavy (non-hydrogen) atoms. The number of carbonyl (C=O) groups is 2. The number of amides is 2. The van der Waals surface area contributed by atoms with Crippen LogP contribution < -0.4 is 20.1 Å². The third kappa shape index (κ3) is 20.2. The lowest BCUT2D eigenvalue weighted by Crippen LogP contribution is -2.22. The van der Waals surface area contributed by atoms with Crippen molar-refractivity contribution in [3.8, 4) is 11.5 Å². The summed E-state index contributed by atoms with van der Waals surface area (Å²) in [6.07, 6.45) is 25.1. The second-order valence-corrected chi connectivity index (χ2v) is 18.2. The monoisotopic (exact) mass is 778 g/mol. The molecule has 0 atom stereocenters. The maximum atomic E-state index is 13.1. The molecule has 2 rings (SSSR count). The van der Waals surface area contributed by atoms with Crippen molar-refractivity contribution in [2.45, 2.75) is 158 Å². The molecule has 0 spiro atoms. The van der Waals surface area contributed by atoms with Crippen LogP contribution in [0.4, 0.5) is 11.4 Å². The average molecular weight is 779 g/mol. The number of hydrogen-bond acceptors (Lipinski definition) is 8. The van der Waals surface area contributed by atoms with Crippen LogP contribution >= 0.6 is 0 Å². The summed E-state index contributed by atoms with van der Waals surface area (Å²) in [6.45, 7) is 5.23. The van der Waals surface area contributed by atoms with Gasteiger partial charge in [-0.05, 0) is 49.2 Å². The zero-order chi connectivity index (χ0) is 39.0. The summed E-state index contributed by atoms with van der Waals surface area (Å²) >= 11 is 0. The van der Waals surface area contributed by atoms with E-state index in [-0.39, 0.29) is 21.2 Å². The van der Waals surface area contributed by atoms with Crippen LogP contribution in [0.25, 0.3) is 0 Å². The van der Waals surface area contributed by atoms with Gasteiger partial charge in [-0.3, -0.25) is 9.59 Å². The van der Waals surface area contributed by atoms with E-state index in [1.54, 1.807) is 0 Å². The first-order valence-electron chi connectivity index (χ1n) is 19.9. The summed E-state index contributed by atoms with van der Waals surface area (Å²) in [7, 11) is -7.16. The molecule has 2 aromatic carbocycles. The van der Waals surface area contributed by atoms with Crippen LogP contribution in [0.3, 0.4) is 0 Å². The van der Waals surface area contributed by atoms with E-state index >= 15 is 0 Å². The largest absolute Gasteiger partial charge is 0.491 e. The summed E-state index contributed by atoms with van der Waals surface area (Å²) in [5.74, 6) is -0.760. The smallest absolute Gasteiger partial charge is 0.233 e. The van der Waals surface area contributed by atoms with Gasteiger partial charge < -0.3 is 20.1 Å². The van der Waals surface area contributed by atoms with Crippen LogP contribution in [-0.4, -0.2) is 54.4 Å². The van der Waals surface area contributed by atoms with E-state index in [1.807, 2.05) is 0 Å². The second-order valence-electron chi connectivity index (χ2n) is 14.2. The van der Waals surface area contributed by atoms with Crippen LogP contribution in [0.15, 0.2) is 46.2 Å². The van der Waals surface area contributed by atoms with E-state index in [0.717, 1.165) is 51.0 Å². The highest BCUT2D eigenvalue weighted by Gasteiger charge is 2.19. The number of nitrogens with one attached hydrogen (secondary N) is 2. The molecule has 0 unspecified atom stereocenters. The van der Waals surface area contributed by atoms with Gasteiger partial charge in [0.15, 0.2) is 19.7 Å². The van der Waals surface area contributed by atoms with Gasteiger partial charge in [0.1, 0.15) is 17.9 Å². The van der Waals surface area contributed by atoms with E-state index in [4.69, 9.17) is 9.47 Å². The predicted octanol–water partition coefficient (Wildman–Crippen LogP) is 10.1. The second kappa shape index (κ2) is 25.8. The Labute approximate surface area is 320 Å². The van der Waals surface area contributed by atoms with Crippen LogP contribution in [0.1, 0.15) is 149 Å². The van der Waals surface area contributed by atoms with Gasteiger partial charge in [0.2, 0.25) is 11.8 Å². The SMILES string of the molecule is CCCCCCCCCCCCOc1ccc(S(C)(=O)=O)cc1NC(=O)CC(=O)Nc1cc(S(C)(=O)=O)ccc1OCCCCCCCCCCCC. The Kier molecular flexibility index (Phi) is 22.4. The number of unbranched alkanes of at least 4 members (excludes halogenated alkanes) is 18. The number of hydrogen-bond donors (Lipinski definition) is 2. The van der Waals surface area contributed by atoms with E-state index in [0.29, 0.717) is 24.7 Å². The first-order chi connectivity index (χ1) is 25.3. The molecular formula is C41H66N2O8S2. The molecule has 2 amide bonds. The van der Waals surface area contributed by atoms with Gasteiger partial charge in [0.05, 0.1) is 34.4 Å². The highest BCUT2D eigenvalue weighted by molar-refractivity contribution is 7.91. The number of ether oxygens (including phenoxy) is 2. The van der Waals surface area contributed by atoms with Crippen LogP contribution in [-0.2, 0) is 29.3 Å². The summed E-state index contributed by atoms with van der Waals surface area (Å²) in [5.41, 5.74) is 0.301. The lowest BCUT2D eigenvalue weighted by Gasteiger charge is -2.15. The molecule has 0 aromatic heterocycles. The minimum atomic E-state index is -3.58. The molecule has 0 aliphatic carbocycles. The van der Waals surface area contributed by atoms with Crippen molar-refractivity contribution in [2.75, 3.05) is 36.4 Å². The fraction of sp³-hybridized carbons (Fsp3) is 0.659. The van der Waals surface area contributed by atoms with Crippen LogP contribution in [0.5, 0.6) is 11.5 Å². The minimum absolute atomic E-state index is 0.00493. The molecule has 0 heterocycles. The van der Waals surface area contributed by atoms with Crippen molar-refractivity contribution < 1.29 is 35.9 Å². The number of carbonyl (C=O) groups excluding carboxylic acids is 2. The van der Waals surface area contributed by atoms with E-state index < -0.39 is 37.9 Å². The van der Waals surface area contributed by atoms with Crippen molar-refractivity contribution in [3.63, 3.8) is 0 Å². The molecule has 0 radical (unpaired) electrons. The topological polar surface area (TPSA) is 145 Å². The number of sulfone groups is 2. The third-order valence-electron chi connectivity index (χ3n) is 9.14. The molecule has 12 heteroatoms. The molecule has 0 bridgehead atoms. The van der Waals surface area contributed by atoms with Crippen molar-refractivity contribution in [2.24, 2.45) is 0 Å². The fourth-order valence-electron chi connectivity index (χ4n) is 6.00. The normalized spacial score (nSPS) is 11.7. The van der Waals surface area contributed by atoms with Gasteiger partial charge >= 0.3 is 0 Å². The molecule has 0 saturated heterocycles. The zero-order valence-corrected chi connectivity index (χ0v) is 34.4. The minimum Gasteiger partial charge on any atom is -0.491 e. The number of rotatable bonds is 30. The Morgan fingerprint density at radius 1 is 0.491 bits per heavy atom. The molecule has 300 valence electrons.